The normalized spacial score (nSPS) is 10.3. The molecule has 0 bridgehead atoms. The van der Waals surface area contributed by atoms with E-state index in [-0.39, 0.29) is 0 Å². The Kier molecular flexibility index (Phi) is 2.39. The molecule has 2 heterocycles. The lowest BCUT2D eigenvalue weighted by atomic mass is 10.3. The number of rotatable bonds is 2. The van der Waals surface area contributed by atoms with Crippen LogP contribution < -0.4 is 11.3 Å². The second kappa shape index (κ2) is 3.70. The van der Waals surface area contributed by atoms with Crippen molar-refractivity contribution >= 4 is 5.82 Å². The smallest absolute Gasteiger partial charge is 0.141 e. The summed E-state index contributed by atoms with van der Waals surface area (Å²) in [6, 6.07) is 3.78. The molecule has 0 radical (unpaired) electrons. The predicted octanol–water partition coefficient (Wildman–Crippen LogP) is 1.17. The van der Waals surface area contributed by atoms with E-state index in [0.29, 0.717) is 5.82 Å². The molecule has 3 N–H and O–H groups in total. The number of pyridine rings is 1. The van der Waals surface area contributed by atoms with Gasteiger partial charge >= 0.3 is 0 Å². The molecule has 0 amide bonds. The van der Waals surface area contributed by atoms with Gasteiger partial charge in [0, 0.05) is 18.0 Å². The van der Waals surface area contributed by atoms with Gasteiger partial charge in [-0.15, -0.1) is 0 Å². The summed E-state index contributed by atoms with van der Waals surface area (Å²) in [6.07, 6.45) is 3.50. The lowest BCUT2D eigenvalue weighted by molar-refractivity contribution is 0.994. The van der Waals surface area contributed by atoms with Crippen LogP contribution in [-0.2, 0) is 0 Å². The molecule has 5 nitrogen and oxygen atoms in total. The molecule has 0 atom stereocenters. The van der Waals surface area contributed by atoms with Gasteiger partial charge < -0.3 is 9.99 Å². The first-order chi connectivity index (χ1) is 7.22. The van der Waals surface area contributed by atoms with Gasteiger partial charge in [-0.2, -0.15) is 0 Å². The molecule has 5 heteroatoms. The number of imidazole rings is 1. The third-order valence-corrected chi connectivity index (χ3v) is 2.42. The summed E-state index contributed by atoms with van der Waals surface area (Å²) in [5, 5.41) is 0. The Morgan fingerprint density at radius 2 is 2.13 bits per heavy atom. The third-order valence-electron chi connectivity index (χ3n) is 2.42. The Bertz CT molecular complexity index is 474. The molecule has 2 rings (SSSR count). The van der Waals surface area contributed by atoms with Gasteiger partial charge in [-0.3, -0.25) is 0 Å². The van der Waals surface area contributed by atoms with Crippen molar-refractivity contribution < 1.29 is 0 Å². The fraction of sp³-hybridized carbons (Fsp3) is 0.200. The number of nitrogen functional groups attached to an aromatic ring is 1. The zero-order valence-corrected chi connectivity index (χ0v) is 8.73. The number of hydrazine groups is 1. The molecule has 0 unspecified atom stereocenters. The molecule has 2 aromatic rings. The number of nitrogens with one attached hydrogen (secondary N) is 1. The van der Waals surface area contributed by atoms with Crippen LogP contribution in [0.3, 0.4) is 0 Å². The molecule has 15 heavy (non-hydrogen) atoms. The summed E-state index contributed by atoms with van der Waals surface area (Å²) in [6.45, 7) is 4.01. The maximum atomic E-state index is 5.30. The molecule has 0 aliphatic rings. The first-order valence-corrected chi connectivity index (χ1v) is 4.66. The Labute approximate surface area is 87.9 Å². The summed E-state index contributed by atoms with van der Waals surface area (Å²) in [7, 11) is 0. The van der Waals surface area contributed by atoms with Crippen molar-refractivity contribution in [3.8, 4) is 5.69 Å². The summed E-state index contributed by atoms with van der Waals surface area (Å²) >= 11 is 0. The third kappa shape index (κ3) is 1.69. The SMILES string of the molecule is Cc1ncn(-c2ccnc(NN)c2)c1C. The van der Waals surface area contributed by atoms with Crippen LogP contribution in [0, 0.1) is 13.8 Å². The Morgan fingerprint density at radius 1 is 1.33 bits per heavy atom. The molecule has 0 spiro atoms. The zero-order valence-electron chi connectivity index (χ0n) is 8.73. The van der Waals surface area contributed by atoms with E-state index in [4.69, 9.17) is 5.84 Å². The van der Waals surface area contributed by atoms with E-state index in [2.05, 4.69) is 15.4 Å². The van der Waals surface area contributed by atoms with Crippen molar-refractivity contribution in [3.05, 3.63) is 36.0 Å². The number of anilines is 1. The van der Waals surface area contributed by atoms with Crippen LogP contribution in [0.5, 0.6) is 0 Å². The van der Waals surface area contributed by atoms with Crippen molar-refractivity contribution in [2.45, 2.75) is 13.8 Å². The Balaban J connectivity index is 2.49. The molecule has 0 aromatic carbocycles. The average molecular weight is 203 g/mol. The van der Waals surface area contributed by atoms with Crippen molar-refractivity contribution in [1.82, 2.24) is 14.5 Å². The van der Waals surface area contributed by atoms with Crippen LogP contribution in [0.4, 0.5) is 5.82 Å². The van der Waals surface area contributed by atoms with Gasteiger partial charge in [-0.05, 0) is 19.9 Å². The molecule has 78 valence electrons. The molecule has 0 saturated carbocycles. The molecular formula is C10H13N5. The number of nitrogens with zero attached hydrogens (tertiary/aromatic N) is 3. The highest BCUT2D eigenvalue weighted by Crippen LogP contribution is 2.15. The van der Waals surface area contributed by atoms with Gasteiger partial charge in [0.05, 0.1) is 17.7 Å². The number of nitrogens with two attached hydrogens (primary N) is 1. The fourth-order valence-corrected chi connectivity index (χ4v) is 1.41. The average Bonchev–Trinajstić information content (AvgIpc) is 2.60. The van der Waals surface area contributed by atoms with Crippen LogP contribution in [-0.4, -0.2) is 14.5 Å². The van der Waals surface area contributed by atoms with Gasteiger partial charge in [0.1, 0.15) is 5.82 Å². The van der Waals surface area contributed by atoms with Crippen molar-refractivity contribution in [3.63, 3.8) is 0 Å². The monoisotopic (exact) mass is 203 g/mol. The largest absolute Gasteiger partial charge is 0.308 e. The second-order valence-corrected chi connectivity index (χ2v) is 3.33. The molecular weight excluding hydrogens is 190 g/mol. The van der Waals surface area contributed by atoms with Gasteiger partial charge in [0.2, 0.25) is 0 Å². The highest BCUT2D eigenvalue weighted by molar-refractivity contribution is 5.45. The minimum absolute atomic E-state index is 0.637. The summed E-state index contributed by atoms with van der Waals surface area (Å²) in [5.41, 5.74) is 5.65. The van der Waals surface area contributed by atoms with E-state index in [1.54, 1.807) is 12.5 Å². The molecule has 0 aliphatic heterocycles. The van der Waals surface area contributed by atoms with Crippen molar-refractivity contribution in [2.24, 2.45) is 5.84 Å². The number of hydrogen-bond donors (Lipinski definition) is 2. The van der Waals surface area contributed by atoms with Crippen molar-refractivity contribution in [2.75, 3.05) is 5.43 Å². The van der Waals surface area contributed by atoms with E-state index in [1.165, 1.54) is 0 Å². The summed E-state index contributed by atoms with van der Waals surface area (Å²) in [4.78, 5) is 8.29. The van der Waals surface area contributed by atoms with Gasteiger partial charge in [-0.1, -0.05) is 0 Å². The highest BCUT2D eigenvalue weighted by atomic mass is 15.2. The van der Waals surface area contributed by atoms with E-state index in [0.717, 1.165) is 17.1 Å². The molecule has 2 aromatic heterocycles. The van der Waals surface area contributed by atoms with Crippen LogP contribution >= 0.6 is 0 Å². The number of aromatic nitrogens is 3. The van der Waals surface area contributed by atoms with E-state index in [9.17, 15) is 0 Å². The maximum Gasteiger partial charge on any atom is 0.141 e. The first-order valence-electron chi connectivity index (χ1n) is 4.66. The van der Waals surface area contributed by atoms with Crippen LogP contribution in [0.15, 0.2) is 24.7 Å². The predicted molar refractivity (Wildman–Crippen MR) is 58.6 cm³/mol. The molecule has 0 saturated heterocycles. The minimum atomic E-state index is 0.637. The lowest BCUT2D eigenvalue weighted by Crippen LogP contribution is -2.09. The van der Waals surface area contributed by atoms with Gasteiger partial charge in [-0.25, -0.2) is 15.8 Å². The first kappa shape index (κ1) is 9.67. The molecule has 0 fully saturated rings. The highest BCUT2D eigenvalue weighted by Gasteiger charge is 2.04. The Hall–Kier alpha value is -1.88. The number of hydrogen-bond acceptors (Lipinski definition) is 4. The fourth-order valence-electron chi connectivity index (χ4n) is 1.41. The second-order valence-electron chi connectivity index (χ2n) is 3.33. The molecule has 0 aliphatic carbocycles. The summed E-state index contributed by atoms with van der Waals surface area (Å²) < 4.78 is 2.00. The minimum Gasteiger partial charge on any atom is -0.308 e. The van der Waals surface area contributed by atoms with Crippen LogP contribution in [0.25, 0.3) is 5.69 Å². The maximum absolute atomic E-state index is 5.30. The van der Waals surface area contributed by atoms with Crippen LogP contribution in [0.2, 0.25) is 0 Å². The van der Waals surface area contributed by atoms with Crippen molar-refractivity contribution in [1.29, 1.82) is 0 Å². The summed E-state index contributed by atoms with van der Waals surface area (Å²) in [5.74, 6) is 5.94. The van der Waals surface area contributed by atoms with E-state index >= 15 is 0 Å². The van der Waals surface area contributed by atoms with Gasteiger partial charge in [0.25, 0.3) is 0 Å². The quantitative estimate of drug-likeness (QED) is 0.568. The Morgan fingerprint density at radius 3 is 2.73 bits per heavy atom. The standard InChI is InChI=1S/C10H13N5/c1-7-8(2)15(6-13-7)9-3-4-12-10(5-9)14-11/h3-6H,11H2,1-2H3,(H,12,14). The zero-order chi connectivity index (χ0) is 10.8. The number of aryl methyl sites for hydroxylation is 1. The van der Waals surface area contributed by atoms with Crippen LogP contribution in [0.1, 0.15) is 11.4 Å². The topological polar surface area (TPSA) is 68.8 Å². The van der Waals surface area contributed by atoms with Gasteiger partial charge in [0.15, 0.2) is 0 Å². The van der Waals surface area contributed by atoms with E-state index in [1.807, 2.05) is 30.5 Å². The lowest BCUT2D eigenvalue weighted by Gasteiger charge is -2.06. The van der Waals surface area contributed by atoms with E-state index < -0.39 is 0 Å².